The molecule has 2 aromatic rings. The normalized spacial score (nSPS) is 21.6. The number of carbonyl (C=O) groups is 1. The first-order valence-electron chi connectivity index (χ1n) is 8.87. The fourth-order valence-corrected chi connectivity index (χ4v) is 3.66. The quantitative estimate of drug-likeness (QED) is 0.876. The highest BCUT2D eigenvalue weighted by Crippen LogP contribution is 2.44. The van der Waals surface area contributed by atoms with E-state index in [9.17, 15) is 4.79 Å². The largest absolute Gasteiger partial charge is 0.496 e. The molecule has 2 unspecified atom stereocenters. The molecule has 1 aromatic heterocycles. The number of rotatable bonds is 6. The van der Waals surface area contributed by atoms with Crippen LogP contribution in [0.2, 0.25) is 0 Å². The number of nitrogens with zero attached hydrogens (tertiary/aromatic N) is 3. The SMILES string of the molecule is COc1ccccc1C(NC1CCN(c2ccn(C)n2)C1=O)C1CC1. The molecule has 0 spiro atoms. The molecule has 1 aromatic carbocycles. The second kappa shape index (κ2) is 6.52. The average Bonchev–Trinajstić information content (AvgIpc) is 3.28. The van der Waals surface area contributed by atoms with E-state index < -0.39 is 0 Å². The van der Waals surface area contributed by atoms with Crippen LogP contribution in [0.5, 0.6) is 5.75 Å². The van der Waals surface area contributed by atoms with Crippen LogP contribution >= 0.6 is 0 Å². The summed E-state index contributed by atoms with van der Waals surface area (Å²) in [7, 11) is 3.57. The Labute approximate surface area is 147 Å². The van der Waals surface area contributed by atoms with Crippen molar-refractivity contribution in [2.75, 3.05) is 18.6 Å². The van der Waals surface area contributed by atoms with Crippen LogP contribution in [0.25, 0.3) is 0 Å². The standard InChI is InChI=1S/C19H24N4O2/c1-22-11-10-17(21-22)23-12-9-15(19(23)24)20-18(13-7-8-13)14-5-3-4-6-16(14)25-2/h3-6,10-11,13,15,18,20H,7-9,12H2,1-2H3. The van der Waals surface area contributed by atoms with E-state index in [0.29, 0.717) is 12.5 Å². The lowest BCUT2D eigenvalue weighted by molar-refractivity contribution is -0.119. The molecular weight excluding hydrogens is 316 g/mol. The van der Waals surface area contributed by atoms with Gasteiger partial charge in [-0.15, -0.1) is 0 Å². The second-order valence-electron chi connectivity index (χ2n) is 6.90. The minimum absolute atomic E-state index is 0.110. The maximum Gasteiger partial charge on any atom is 0.245 e. The molecule has 0 bridgehead atoms. The third kappa shape index (κ3) is 3.14. The maximum atomic E-state index is 12.9. The first-order chi connectivity index (χ1) is 12.2. The van der Waals surface area contributed by atoms with Crippen molar-refractivity contribution < 1.29 is 9.53 Å². The van der Waals surface area contributed by atoms with Gasteiger partial charge in [0.1, 0.15) is 5.75 Å². The van der Waals surface area contributed by atoms with Gasteiger partial charge in [-0.05, 0) is 31.2 Å². The highest BCUT2D eigenvalue weighted by Gasteiger charge is 2.40. The number of benzene rings is 1. The zero-order valence-corrected chi connectivity index (χ0v) is 14.7. The van der Waals surface area contributed by atoms with E-state index in [1.54, 1.807) is 16.7 Å². The number of para-hydroxylation sites is 1. The van der Waals surface area contributed by atoms with Gasteiger partial charge in [-0.1, -0.05) is 18.2 Å². The summed E-state index contributed by atoms with van der Waals surface area (Å²) in [6.07, 6.45) is 5.06. The molecule has 1 aliphatic heterocycles. The van der Waals surface area contributed by atoms with E-state index in [4.69, 9.17) is 4.74 Å². The first-order valence-corrected chi connectivity index (χ1v) is 8.87. The minimum atomic E-state index is -0.169. The molecule has 2 aliphatic rings. The second-order valence-corrected chi connectivity index (χ2v) is 6.90. The lowest BCUT2D eigenvalue weighted by Gasteiger charge is -2.24. The van der Waals surface area contributed by atoms with Crippen LogP contribution in [-0.4, -0.2) is 35.4 Å². The number of hydrogen-bond donors (Lipinski definition) is 1. The number of anilines is 1. The summed E-state index contributed by atoms with van der Waals surface area (Å²) < 4.78 is 7.27. The Morgan fingerprint density at radius 2 is 2.04 bits per heavy atom. The fourth-order valence-electron chi connectivity index (χ4n) is 3.66. The van der Waals surface area contributed by atoms with Crippen LogP contribution in [0.15, 0.2) is 36.5 Å². The van der Waals surface area contributed by atoms with Crippen molar-refractivity contribution in [1.82, 2.24) is 15.1 Å². The zero-order valence-electron chi connectivity index (χ0n) is 14.7. The summed E-state index contributed by atoms with van der Waals surface area (Å²) in [6.45, 7) is 0.705. The molecule has 1 saturated carbocycles. The van der Waals surface area contributed by atoms with Gasteiger partial charge in [-0.2, -0.15) is 5.10 Å². The van der Waals surface area contributed by atoms with Gasteiger partial charge >= 0.3 is 0 Å². The molecule has 6 heteroatoms. The Morgan fingerprint density at radius 3 is 2.72 bits per heavy atom. The van der Waals surface area contributed by atoms with Crippen LogP contribution < -0.4 is 15.0 Å². The van der Waals surface area contributed by atoms with Crippen LogP contribution in [0.1, 0.15) is 30.9 Å². The lowest BCUT2D eigenvalue weighted by Crippen LogP contribution is -2.41. The van der Waals surface area contributed by atoms with Gasteiger partial charge in [0.25, 0.3) is 0 Å². The van der Waals surface area contributed by atoms with E-state index in [0.717, 1.165) is 23.6 Å². The Bertz CT molecular complexity index is 768. The summed E-state index contributed by atoms with van der Waals surface area (Å²) in [5.41, 5.74) is 1.15. The molecule has 2 heterocycles. The number of hydrogen-bond acceptors (Lipinski definition) is 4. The van der Waals surface area contributed by atoms with Gasteiger partial charge in [-0.25, -0.2) is 0 Å². The molecule has 0 radical (unpaired) electrons. The molecule has 2 fully saturated rings. The monoisotopic (exact) mass is 340 g/mol. The number of aryl methyl sites for hydroxylation is 1. The molecular formula is C19H24N4O2. The molecule has 6 nitrogen and oxygen atoms in total. The van der Waals surface area contributed by atoms with Crippen LogP contribution in [-0.2, 0) is 11.8 Å². The lowest BCUT2D eigenvalue weighted by atomic mass is 10.00. The van der Waals surface area contributed by atoms with Gasteiger partial charge < -0.3 is 4.74 Å². The zero-order chi connectivity index (χ0) is 17.4. The molecule has 4 rings (SSSR count). The Hall–Kier alpha value is -2.34. The van der Waals surface area contributed by atoms with E-state index in [1.807, 2.05) is 37.5 Å². The molecule has 1 aliphatic carbocycles. The summed E-state index contributed by atoms with van der Waals surface area (Å²) >= 11 is 0. The fraction of sp³-hybridized carbons (Fsp3) is 0.474. The molecule has 132 valence electrons. The maximum absolute atomic E-state index is 12.9. The molecule has 1 N–H and O–H groups in total. The molecule has 25 heavy (non-hydrogen) atoms. The number of carbonyl (C=O) groups excluding carboxylic acids is 1. The van der Waals surface area contributed by atoms with E-state index in [-0.39, 0.29) is 18.0 Å². The van der Waals surface area contributed by atoms with E-state index >= 15 is 0 Å². The van der Waals surface area contributed by atoms with E-state index in [1.165, 1.54) is 12.8 Å². The Balaban J connectivity index is 1.53. The molecule has 1 amide bonds. The smallest absolute Gasteiger partial charge is 0.245 e. The van der Waals surface area contributed by atoms with Crippen molar-refractivity contribution in [1.29, 1.82) is 0 Å². The third-order valence-corrected chi connectivity index (χ3v) is 5.13. The average molecular weight is 340 g/mol. The molecule has 2 atom stereocenters. The van der Waals surface area contributed by atoms with Gasteiger partial charge in [0, 0.05) is 37.5 Å². The van der Waals surface area contributed by atoms with Gasteiger partial charge in [0.05, 0.1) is 13.2 Å². The van der Waals surface area contributed by atoms with Gasteiger partial charge in [0.15, 0.2) is 5.82 Å². The highest BCUT2D eigenvalue weighted by atomic mass is 16.5. The topological polar surface area (TPSA) is 59.4 Å². The third-order valence-electron chi connectivity index (χ3n) is 5.13. The van der Waals surface area contributed by atoms with Crippen molar-refractivity contribution in [3.63, 3.8) is 0 Å². The summed E-state index contributed by atoms with van der Waals surface area (Å²) in [4.78, 5) is 14.6. The number of methoxy groups -OCH3 is 1. The number of amides is 1. The van der Waals surface area contributed by atoms with Crippen LogP contribution in [0.3, 0.4) is 0 Å². The summed E-state index contributed by atoms with van der Waals surface area (Å²) in [5.74, 6) is 2.31. The first kappa shape index (κ1) is 16.1. The van der Waals surface area contributed by atoms with Crippen LogP contribution in [0.4, 0.5) is 5.82 Å². The molecule has 1 saturated heterocycles. The summed E-state index contributed by atoms with van der Waals surface area (Å²) in [5, 5.41) is 7.98. The number of aromatic nitrogens is 2. The van der Waals surface area contributed by atoms with Crippen molar-refractivity contribution in [3.05, 3.63) is 42.1 Å². The predicted molar refractivity (Wildman–Crippen MR) is 95.6 cm³/mol. The Morgan fingerprint density at radius 1 is 1.24 bits per heavy atom. The van der Waals surface area contributed by atoms with Crippen molar-refractivity contribution in [2.24, 2.45) is 13.0 Å². The minimum Gasteiger partial charge on any atom is -0.496 e. The van der Waals surface area contributed by atoms with Crippen molar-refractivity contribution >= 4 is 11.7 Å². The number of ether oxygens (including phenoxy) is 1. The predicted octanol–water partition coefficient (Wildman–Crippen LogP) is 2.27. The Kier molecular flexibility index (Phi) is 4.21. The highest BCUT2D eigenvalue weighted by molar-refractivity contribution is 5.98. The van der Waals surface area contributed by atoms with Gasteiger partial charge in [0.2, 0.25) is 5.91 Å². The van der Waals surface area contributed by atoms with Crippen molar-refractivity contribution in [2.45, 2.75) is 31.3 Å². The van der Waals surface area contributed by atoms with E-state index in [2.05, 4.69) is 16.5 Å². The summed E-state index contributed by atoms with van der Waals surface area (Å²) in [6, 6.07) is 9.99. The number of nitrogens with one attached hydrogen (secondary N) is 1. The van der Waals surface area contributed by atoms with Crippen molar-refractivity contribution in [3.8, 4) is 5.75 Å². The van der Waals surface area contributed by atoms with Crippen LogP contribution in [0, 0.1) is 5.92 Å². The van der Waals surface area contributed by atoms with Gasteiger partial charge in [-0.3, -0.25) is 19.7 Å².